The molecular formula is C13H19N3O2S. The largest absolute Gasteiger partial charge is 0.481 e. The molecule has 6 heteroatoms. The van der Waals surface area contributed by atoms with Crippen molar-refractivity contribution in [1.29, 1.82) is 0 Å². The minimum atomic E-state index is -0.692. The molecule has 1 aliphatic heterocycles. The minimum absolute atomic E-state index is 0.287. The highest BCUT2D eigenvalue weighted by Gasteiger charge is 2.20. The Morgan fingerprint density at radius 3 is 2.84 bits per heavy atom. The van der Waals surface area contributed by atoms with Gasteiger partial charge in [-0.15, -0.1) is 11.8 Å². The van der Waals surface area contributed by atoms with E-state index in [0.717, 1.165) is 43.2 Å². The lowest BCUT2D eigenvalue weighted by Crippen LogP contribution is -2.34. The average Bonchev–Trinajstić information content (AvgIpc) is 2.45. The maximum atomic E-state index is 10.6. The molecule has 0 bridgehead atoms. The normalized spacial score (nSPS) is 16.6. The van der Waals surface area contributed by atoms with Crippen LogP contribution in [0.2, 0.25) is 0 Å². The predicted molar refractivity (Wildman–Crippen MR) is 75.6 cm³/mol. The summed E-state index contributed by atoms with van der Waals surface area (Å²) in [6.45, 7) is 1.91. The number of anilines is 1. The van der Waals surface area contributed by atoms with Crippen molar-refractivity contribution in [1.82, 2.24) is 9.97 Å². The highest BCUT2D eigenvalue weighted by molar-refractivity contribution is 7.98. The summed E-state index contributed by atoms with van der Waals surface area (Å²) in [5.41, 5.74) is 0. The zero-order valence-corrected chi connectivity index (χ0v) is 11.9. The molecule has 1 aromatic heterocycles. The number of aromatic nitrogens is 2. The topological polar surface area (TPSA) is 66.3 Å². The smallest absolute Gasteiger partial charge is 0.303 e. The highest BCUT2D eigenvalue weighted by atomic mass is 32.2. The first-order chi connectivity index (χ1) is 9.19. The van der Waals surface area contributed by atoms with E-state index in [2.05, 4.69) is 14.9 Å². The van der Waals surface area contributed by atoms with E-state index >= 15 is 0 Å². The molecule has 0 aromatic carbocycles. The summed E-state index contributed by atoms with van der Waals surface area (Å²) in [7, 11) is 0. The summed E-state index contributed by atoms with van der Waals surface area (Å²) < 4.78 is 0. The van der Waals surface area contributed by atoms with Gasteiger partial charge < -0.3 is 10.0 Å². The third-order valence-electron chi connectivity index (χ3n) is 3.54. The van der Waals surface area contributed by atoms with E-state index in [4.69, 9.17) is 5.11 Å². The monoisotopic (exact) mass is 281 g/mol. The Morgan fingerprint density at radius 1 is 1.47 bits per heavy atom. The Labute approximate surface area is 117 Å². The summed E-state index contributed by atoms with van der Waals surface area (Å²) in [5, 5.41) is 9.69. The van der Waals surface area contributed by atoms with Crippen LogP contribution in [0.4, 0.5) is 5.82 Å². The molecule has 0 spiro atoms. The van der Waals surface area contributed by atoms with Gasteiger partial charge in [-0.25, -0.2) is 9.97 Å². The third-order valence-corrected chi connectivity index (χ3v) is 4.18. The van der Waals surface area contributed by atoms with Crippen LogP contribution in [0.25, 0.3) is 0 Å². The number of hydrogen-bond acceptors (Lipinski definition) is 5. The minimum Gasteiger partial charge on any atom is -0.481 e. The second-order valence-corrected chi connectivity index (χ2v) is 5.61. The van der Waals surface area contributed by atoms with Gasteiger partial charge in [0.15, 0.2) is 0 Å². The molecule has 0 radical (unpaired) electrons. The lowest BCUT2D eigenvalue weighted by molar-refractivity contribution is -0.137. The first kappa shape index (κ1) is 14.1. The van der Waals surface area contributed by atoms with Crippen molar-refractivity contribution in [2.24, 2.45) is 5.92 Å². The predicted octanol–water partition coefficient (Wildman–Crippen LogP) is 2.28. The molecule has 1 fully saturated rings. The van der Waals surface area contributed by atoms with Gasteiger partial charge >= 0.3 is 5.97 Å². The molecule has 0 unspecified atom stereocenters. The van der Waals surface area contributed by atoms with Crippen molar-refractivity contribution in [3.8, 4) is 0 Å². The number of carboxylic acid groups (broad SMARTS) is 1. The van der Waals surface area contributed by atoms with E-state index in [1.54, 1.807) is 18.1 Å². The summed E-state index contributed by atoms with van der Waals surface area (Å²) in [5.74, 6) is 0.827. The van der Waals surface area contributed by atoms with Crippen LogP contribution in [0.15, 0.2) is 17.4 Å². The van der Waals surface area contributed by atoms with Gasteiger partial charge in [0.1, 0.15) is 17.2 Å². The van der Waals surface area contributed by atoms with Gasteiger partial charge in [0.25, 0.3) is 0 Å². The zero-order valence-electron chi connectivity index (χ0n) is 11.1. The molecule has 1 saturated heterocycles. The number of piperidine rings is 1. The Kier molecular flexibility index (Phi) is 5.01. The number of rotatable bonds is 5. The first-order valence-electron chi connectivity index (χ1n) is 6.52. The Balaban J connectivity index is 1.87. The van der Waals surface area contributed by atoms with Crippen LogP contribution in [0.1, 0.15) is 25.7 Å². The molecule has 0 amide bonds. The van der Waals surface area contributed by atoms with E-state index in [1.165, 1.54) is 0 Å². The zero-order chi connectivity index (χ0) is 13.7. The van der Waals surface area contributed by atoms with Crippen molar-refractivity contribution in [2.45, 2.75) is 30.7 Å². The molecule has 1 aliphatic rings. The maximum Gasteiger partial charge on any atom is 0.303 e. The van der Waals surface area contributed by atoms with Crippen LogP contribution in [0, 0.1) is 5.92 Å². The first-order valence-corrected chi connectivity index (χ1v) is 7.74. The molecule has 0 saturated carbocycles. The number of aliphatic carboxylic acids is 1. The van der Waals surface area contributed by atoms with Gasteiger partial charge in [-0.05, 0) is 31.4 Å². The van der Waals surface area contributed by atoms with Gasteiger partial charge in [-0.1, -0.05) is 0 Å². The van der Waals surface area contributed by atoms with Gasteiger partial charge in [0, 0.05) is 25.6 Å². The molecule has 0 atom stereocenters. The Morgan fingerprint density at radius 2 is 2.21 bits per heavy atom. The molecule has 0 aliphatic carbocycles. The molecule has 5 nitrogen and oxygen atoms in total. The van der Waals surface area contributed by atoms with Gasteiger partial charge in [-0.2, -0.15) is 0 Å². The van der Waals surface area contributed by atoms with Crippen LogP contribution < -0.4 is 4.90 Å². The molecule has 1 N–H and O–H groups in total. The highest BCUT2D eigenvalue weighted by Crippen LogP contribution is 2.26. The SMILES string of the molecule is CSc1cc(N2CCC(CCC(=O)O)CC2)ncn1. The van der Waals surface area contributed by atoms with Crippen LogP contribution in [0.3, 0.4) is 0 Å². The second kappa shape index (κ2) is 6.75. The molecule has 2 heterocycles. The fourth-order valence-electron chi connectivity index (χ4n) is 2.39. The Bertz CT molecular complexity index is 434. The van der Waals surface area contributed by atoms with E-state index in [9.17, 15) is 4.79 Å². The fourth-order valence-corrected chi connectivity index (χ4v) is 2.77. The van der Waals surface area contributed by atoms with Crippen molar-refractivity contribution in [3.63, 3.8) is 0 Å². The summed E-state index contributed by atoms with van der Waals surface area (Å²) >= 11 is 1.62. The quantitative estimate of drug-likeness (QED) is 0.660. The Hall–Kier alpha value is -1.30. The maximum absolute atomic E-state index is 10.6. The van der Waals surface area contributed by atoms with Crippen molar-refractivity contribution < 1.29 is 9.90 Å². The van der Waals surface area contributed by atoms with Gasteiger partial charge in [0.2, 0.25) is 0 Å². The lowest BCUT2D eigenvalue weighted by atomic mass is 9.92. The van der Waals surface area contributed by atoms with Crippen LogP contribution >= 0.6 is 11.8 Å². The lowest BCUT2D eigenvalue weighted by Gasteiger charge is -2.32. The number of hydrogen-bond donors (Lipinski definition) is 1. The summed E-state index contributed by atoms with van der Waals surface area (Å²) in [4.78, 5) is 21.3. The number of nitrogens with zero attached hydrogens (tertiary/aromatic N) is 3. The molecule has 104 valence electrons. The van der Waals surface area contributed by atoms with E-state index in [-0.39, 0.29) is 6.42 Å². The molecular weight excluding hydrogens is 262 g/mol. The standard InChI is InChI=1S/C13H19N3O2S/c1-19-12-8-11(14-9-15-12)16-6-4-10(5-7-16)2-3-13(17)18/h8-10H,2-7H2,1H3,(H,17,18). The summed E-state index contributed by atoms with van der Waals surface area (Å²) in [6.07, 6.45) is 6.79. The average molecular weight is 281 g/mol. The van der Waals surface area contributed by atoms with Crippen LogP contribution in [0.5, 0.6) is 0 Å². The number of carboxylic acids is 1. The molecule has 1 aromatic rings. The van der Waals surface area contributed by atoms with Crippen LogP contribution in [-0.2, 0) is 4.79 Å². The van der Waals surface area contributed by atoms with Crippen LogP contribution in [-0.4, -0.2) is 40.4 Å². The van der Waals surface area contributed by atoms with Gasteiger partial charge in [0.05, 0.1) is 0 Å². The molecule has 19 heavy (non-hydrogen) atoms. The summed E-state index contributed by atoms with van der Waals surface area (Å²) in [6, 6.07) is 2.02. The third kappa shape index (κ3) is 4.09. The van der Waals surface area contributed by atoms with Gasteiger partial charge in [-0.3, -0.25) is 4.79 Å². The number of thioether (sulfide) groups is 1. The van der Waals surface area contributed by atoms with E-state index in [0.29, 0.717) is 5.92 Å². The second-order valence-electron chi connectivity index (χ2n) is 4.78. The fraction of sp³-hybridized carbons (Fsp3) is 0.615. The van der Waals surface area contributed by atoms with Crippen molar-refractivity contribution in [3.05, 3.63) is 12.4 Å². The molecule has 2 rings (SSSR count). The number of carbonyl (C=O) groups is 1. The van der Waals surface area contributed by atoms with E-state index in [1.807, 2.05) is 12.3 Å². The van der Waals surface area contributed by atoms with E-state index < -0.39 is 5.97 Å². The van der Waals surface area contributed by atoms with Crippen molar-refractivity contribution in [2.75, 3.05) is 24.2 Å². The van der Waals surface area contributed by atoms with Crippen molar-refractivity contribution >= 4 is 23.5 Å².